The first-order chi connectivity index (χ1) is 5.15. The molecule has 1 aliphatic carbocycles. The number of rotatable bonds is 2. The molecule has 1 rings (SSSR count). The molecule has 1 saturated carbocycles. The average molecular weight is 172 g/mol. The molecule has 0 aromatic rings. The standard InChI is InChI=1S/C10H20S/c1-7(2)10-5-8(3)4-9(10)6-11/h7-11H,4-6H2,1-3H3. The van der Waals surface area contributed by atoms with Gasteiger partial charge in [-0.3, -0.25) is 0 Å². The van der Waals surface area contributed by atoms with Gasteiger partial charge in [-0.1, -0.05) is 20.8 Å². The molecule has 0 N–H and O–H groups in total. The fourth-order valence-corrected chi connectivity index (χ4v) is 2.89. The van der Waals surface area contributed by atoms with E-state index in [1.165, 1.54) is 12.8 Å². The lowest BCUT2D eigenvalue weighted by atomic mass is 9.87. The Hall–Kier alpha value is 0.350. The van der Waals surface area contributed by atoms with Crippen molar-refractivity contribution in [1.29, 1.82) is 0 Å². The highest BCUT2D eigenvalue weighted by Gasteiger charge is 2.32. The first kappa shape index (κ1) is 9.44. The quantitative estimate of drug-likeness (QED) is 0.607. The Labute approximate surface area is 76.2 Å². The zero-order chi connectivity index (χ0) is 8.43. The van der Waals surface area contributed by atoms with Crippen LogP contribution in [0.1, 0.15) is 33.6 Å². The lowest BCUT2D eigenvalue weighted by Gasteiger charge is -2.20. The van der Waals surface area contributed by atoms with Gasteiger partial charge in [0.2, 0.25) is 0 Å². The van der Waals surface area contributed by atoms with E-state index in [-0.39, 0.29) is 0 Å². The molecule has 3 atom stereocenters. The molecule has 0 spiro atoms. The second-order valence-corrected chi connectivity index (χ2v) is 4.79. The van der Waals surface area contributed by atoms with Crippen LogP contribution in [0.2, 0.25) is 0 Å². The topological polar surface area (TPSA) is 0 Å². The molecular weight excluding hydrogens is 152 g/mol. The number of hydrogen-bond acceptors (Lipinski definition) is 1. The van der Waals surface area contributed by atoms with E-state index in [4.69, 9.17) is 0 Å². The van der Waals surface area contributed by atoms with Crippen LogP contribution in [0.15, 0.2) is 0 Å². The van der Waals surface area contributed by atoms with E-state index in [0.29, 0.717) is 0 Å². The van der Waals surface area contributed by atoms with Crippen molar-refractivity contribution in [1.82, 2.24) is 0 Å². The van der Waals surface area contributed by atoms with Crippen molar-refractivity contribution >= 4 is 12.6 Å². The van der Waals surface area contributed by atoms with E-state index in [9.17, 15) is 0 Å². The third kappa shape index (κ3) is 2.14. The molecule has 1 aliphatic rings. The van der Waals surface area contributed by atoms with E-state index >= 15 is 0 Å². The van der Waals surface area contributed by atoms with Crippen molar-refractivity contribution < 1.29 is 0 Å². The first-order valence-electron chi connectivity index (χ1n) is 4.76. The second kappa shape index (κ2) is 3.84. The van der Waals surface area contributed by atoms with Crippen LogP contribution >= 0.6 is 12.6 Å². The van der Waals surface area contributed by atoms with Crippen molar-refractivity contribution in [2.45, 2.75) is 33.6 Å². The van der Waals surface area contributed by atoms with Crippen molar-refractivity contribution in [3.63, 3.8) is 0 Å². The molecule has 0 amide bonds. The molecule has 0 aliphatic heterocycles. The Kier molecular flexibility index (Phi) is 3.29. The molecule has 0 aromatic heterocycles. The average Bonchev–Trinajstić information content (AvgIpc) is 2.30. The SMILES string of the molecule is CC1CC(CS)C(C(C)C)C1. The molecule has 0 aromatic carbocycles. The summed E-state index contributed by atoms with van der Waals surface area (Å²) in [6, 6.07) is 0. The van der Waals surface area contributed by atoms with Crippen LogP contribution in [0.25, 0.3) is 0 Å². The van der Waals surface area contributed by atoms with Crippen LogP contribution < -0.4 is 0 Å². The minimum absolute atomic E-state index is 0.858. The van der Waals surface area contributed by atoms with Crippen LogP contribution in [0.3, 0.4) is 0 Å². The Balaban J connectivity index is 2.50. The summed E-state index contributed by atoms with van der Waals surface area (Å²) in [5.74, 6) is 4.74. The molecule has 1 fully saturated rings. The highest BCUT2D eigenvalue weighted by molar-refractivity contribution is 7.80. The molecule has 0 bridgehead atoms. The summed E-state index contributed by atoms with van der Waals surface area (Å²) < 4.78 is 0. The maximum absolute atomic E-state index is 4.41. The van der Waals surface area contributed by atoms with Gasteiger partial charge in [0, 0.05) is 0 Å². The zero-order valence-electron chi connectivity index (χ0n) is 7.88. The smallest absolute Gasteiger partial charge is 0.00667 e. The third-order valence-electron chi connectivity index (χ3n) is 3.08. The molecule has 66 valence electrons. The minimum Gasteiger partial charge on any atom is -0.179 e. The van der Waals surface area contributed by atoms with E-state index in [2.05, 4.69) is 33.4 Å². The van der Waals surface area contributed by atoms with Gasteiger partial charge in [0.05, 0.1) is 0 Å². The number of thiol groups is 1. The molecule has 0 nitrogen and oxygen atoms in total. The molecule has 0 radical (unpaired) electrons. The van der Waals surface area contributed by atoms with Crippen molar-refractivity contribution in [2.24, 2.45) is 23.7 Å². The molecule has 0 saturated heterocycles. The lowest BCUT2D eigenvalue weighted by molar-refractivity contribution is 0.317. The summed E-state index contributed by atoms with van der Waals surface area (Å²) in [5, 5.41) is 0. The Bertz CT molecular complexity index is 120. The van der Waals surface area contributed by atoms with Gasteiger partial charge in [-0.15, -0.1) is 0 Å². The van der Waals surface area contributed by atoms with Gasteiger partial charge >= 0.3 is 0 Å². The summed E-state index contributed by atoms with van der Waals surface area (Å²) in [6.07, 6.45) is 2.84. The summed E-state index contributed by atoms with van der Waals surface area (Å²) in [6.45, 7) is 7.07. The van der Waals surface area contributed by atoms with Crippen LogP contribution in [-0.4, -0.2) is 5.75 Å². The van der Waals surface area contributed by atoms with Crippen LogP contribution in [0.5, 0.6) is 0 Å². The fourth-order valence-electron chi connectivity index (χ4n) is 2.47. The van der Waals surface area contributed by atoms with E-state index in [1.807, 2.05) is 0 Å². The second-order valence-electron chi connectivity index (χ2n) is 4.43. The van der Waals surface area contributed by atoms with E-state index in [1.54, 1.807) is 0 Å². The lowest BCUT2D eigenvalue weighted by Crippen LogP contribution is -2.15. The van der Waals surface area contributed by atoms with Crippen molar-refractivity contribution in [3.8, 4) is 0 Å². The molecule has 1 heteroatoms. The largest absolute Gasteiger partial charge is 0.179 e. The zero-order valence-corrected chi connectivity index (χ0v) is 8.77. The molecule has 11 heavy (non-hydrogen) atoms. The number of hydrogen-bond donors (Lipinski definition) is 1. The predicted molar refractivity (Wildman–Crippen MR) is 54.1 cm³/mol. The van der Waals surface area contributed by atoms with E-state index < -0.39 is 0 Å². The van der Waals surface area contributed by atoms with Gasteiger partial charge in [0.15, 0.2) is 0 Å². The normalized spacial score (nSPS) is 38.5. The molecule has 3 unspecified atom stereocenters. The minimum atomic E-state index is 0.858. The maximum atomic E-state index is 4.41. The highest BCUT2D eigenvalue weighted by Crippen LogP contribution is 2.40. The molecule has 0 heterocycles. The van der Waals surface area contributed by atoms with Crippen LogP contribution in [0.4, 0.5) is 0 Å². The van der Waals surface area contributed by atoms with Gasteiger partial charge in [-0.25, -0.2) is 0 Å². The van der Waals surface area contributed by atoms with Gasteiger partial charge in [0.25, 0.3) is 0 Å². The summed E-state index contributed by atoms with van der Waals surface area (Å²) in [4.78, 5) is 0. The maximum Gasteiger partial charge on any atom is -0.00667 e. The highest BCUT2D eigenvalue weighted by atomic mass is 32.1. The predicted octanol–water partition coefficient (Wildman–Crippen LogP) is 3.23. The summed E-state index contributed by atoms with van der Waals surface area (Å²) in [7, 11) is 0. The van der Waals surface area contributed by atoms with Gasteiger partial charge in [-0.2, -0.15) is 12.6 Å². The van der Waals surface area contributed by atoms with Gasteiger partial charge in [-0.05, 0) is 42.3 Å². The molecular formula is C10H20S. The van der Waals surface area contributed by atoms with Crippen LogP contribution in [-0.2, 0) is 0 Å². The Morgan fingerprint density at radius 1 is 1.36 bits per heavy atom. The van der Waals surface area contributed by atoms with Crippen molar-refractivity contribution in [3.05, 3.63) is 0 Å². The van der Waals surface area contributed by atoms with Crippen molar-refractivity contribution in [2.75, 3.05) is 5.75 Å². The van der Waals surface area contributed by atoms with E-state index in [0.717, 1.165) is 29.4 Å². The summed E-state index contributed by atoms with van der Waals surface area (Å²) in [5.41, 5.74) is 0. The van der Waals surface area contributed by atoms with Crippen LogP contribution in [0, 0.1) is 23.7 Å². The first-order valence-corrected chi connectivity index (χ1v) is 5.39. The summed E-state index contributed by atoms with van der Waals surface area (Å²) >= 11 is 4.41. The van der Waals surface area contributed by atoms with Gasteiger partial charge in [0.1, 0.15) is 0 Å². The van der Waals surface area contributed by atoms with Gasteiger partial charge < -0.3 is 0 Å². The Morgan fingerprint density at radius 3 is 2.36 bits per heavy atom. The Morgan fingerprint density at radius 2 is 2.00 bits per heavy atom. The third-order valence-corrected chi connectivity index (χ3v) is 3.54. The fraction of sp³-hybridized carbons (Fsp3) is 1.00. The monoisotopic (exact) mass is 172 g/mol.